The molecule has 5 heteroatoms. The largest absolute Gasteiger partial charge is 0.478 e. The summed E-state index contributed by atoms with van der Waals surface area (Å²) in [5, 5.41) is 11.6. The van der Waals surface area contributed by atoms with Crippen LogP contribution in [0.2, 0.25) is 0 Å². The van der Waals surface area contributed by atoms with Gasteiger partial charge in [0.2, 0.25) is 5.91 Å². The number of amides is 1. The molecule has 0 atom stereocenters. The average Bonchev–Trinajstić information content (AvgIpc) is 2.44. The van der Waals surface area contributed by atoms with E-state index >= 15 is 0 Å². The fourth-order valence-corrected chi connectivity index (χ4v) is 1.66. The van der Waals surface area contributed by atoms with Gasteiger partial charge in [0.05, 0.1) is 12.2 Å². The van der Waals surface area contributed by atoms with Crippen LogP contribution in [0.15, 0.2) is 24.3 Å². The predicted octanol–water partition coefficient (Wildman–Crippen LogP) is 1.86. The lowest BCUT2D eigenvalue weighted by Crippen LogP contribution is -2.26. The lowest BCUT2D eigenvalue weighted by atomic mass is 10.1. The van der Waals surface area contributed by atoms with Gasteiger partial charge in [-0.25, -0.2) is 4.79 Å². The third-order valence-corrected chi connectivity index (χ3v) is 2.76. The molecular formula is C15H21NO4. The number of carbonyl (C=O) groups is 2. The maximum atomic E-state index is 11.5. The molecule has 0 unspecified atom stereocenters. The van der Waals surface area contributed by atoms with Gasteiger partial charge in [0.15, 0.2) is 0 Å². The summed E-state index contributed by atoms with van der Waals surface area (Å²) in [6.07, 6.45) is 2.01. The van der Waals surface area contributed by atoms with Crippen LogP contribution in [0.3, 0.4) is 0 Å². The topological polar surface area (TPSA) is 75.6 Å². The summed E-state index contributed by atoms with van der Waals surface area (Å²) < 4.78 is 5.24. The van der Waals surface area contributed by atoms with Crippen molar-refractivity contribution in [2.75, 3.05) is 19.8 Å². The number of benzene rings is 1. The monoisotopic (exact) mass is 279 g/mol. The maximum absolute atomic E-state index is 11.5. The van der Waals surface area contributed by atoms with Gasteiger partial charge in [-0.1, -0.05) is 19.1 Å². The van der Waals surface area contributed by atoms with Crippen LogP contribution < -0.4 is 5.32 Å². The minimum atomic E-state index is -0.933. The van der Waals surface area contributed by atoms with Crippen molar-refractivity contribution in [2.24, 2.45) is 0 Å². The molecule has 0 aliphatic rings. The van der Waals surface area contributed by atoms with Crippen molar-refractivity contribution in [2.45, 2.75) is 26.2 Å². The number of aromatic carboxylic acids is 1. The highest BCUT2D eigenvalue weighted by molar-refractivity contribution is 5.87. The third kappa shape index (κ3) is 6.33. The van der Waals surface area contributed by atoms with Crippen molar-refractivity contribution in [1.82, 2.24) is 5.32 Å². The fourth-order valence-electron chi connectivity index (χ4n) is 1.66. The molecule has 20 heavy (non-hydrogen) atoms. The molecule has 0 fully saturated rings. The van der Waals surface area contributed by atoms with Gasteiger partial charge in [0.1, 0.15) is 0 Å². The number of carbonyl (C=O) groups excluding carboxylic acids is 1. The Labute approximate surface area is 118 Å². The molecule has 2 N–H and O–H groups in total. The molecular weight excluding hydrogens is 258 g/mol. The van der Waals surface area contributed by atoms with Crippen molar-refractivity contribution in [3.63, 3.8) is 0 Å². The van der Waals surface area contributed by atoms with Crippen LogP contribution in [0.5, 0.6) is 0 Å². The van der Waals surface area contributed by atoms with Gasteiger partial charge in [-0.05, 0) is 30.5 Å². The number of ether oxygens (including phenoxy) is 1. The molecule has 0 aromatic heterocycles. The Morgan fingerprint density at radius 3 is 2.50 bits per heavy atom. The summed E-state index contributed by atoms with van der Waals surface area (Å²) in [4.78, 5) is 22.2. The van der Waals surface area contributed by atoms with E-state index in [4.69, 9.17) is 9.84 Å². The number of rotatable bonds is 9. The van der Waals surface area contributed by atoms with E-state index in [1.807, 2.05) is 6.92 Å². The van der Waals surface area contributed by atoms with E-state index in [1.54, 1.807) is 24.3 Å². The van der Waals surface area contributed by atoms with Crippen LogP contribution in [0, 0.1) is 0 Å². The van der Waals surface area contributed by atoms with Crippen LogP contribution in [-0.2, 0) is 16.0 Å². The molecule has 1 aromatic rings. The Bertz CT molecular complexity index is 428. The van der Waals surface area contributed by atoms with E-state index in [1.165, 1.54) is 0 Å². The Balaban J connectivity index is 2.20. The predicted molar refractivity (Wildman–Crippen MR) is 75.8 cm³/mol. The maximum Gasteiger partial charge on any atom is 0.335 e. The van der Waals surface area contributed by atoms with Crippen molar-refractivity contribution >= 4 is 11.9 Å². The summed E-state index contributed by atoms with van der Waals surface area (Å²) in [5.41, 5.74) is 1.27. The highest BCUT2D eigenvalue weighted by atomic mass is 16.5. The second kappa shape index (κ2) is 9.09. The van der Waals surface area contributed by atoms with Crippen LogP contribution in [0.25, 0.3) is 0 Å². The zero-order valence-electron chi connectivity index (χ0n) is 11.7. The van der Waals surface area contributed by atoms with E-state index in [-0.39, 0.29) is 11.5 Å². The molecule has 1 amide bonds. The number of carboxylic acid groups (broad SMARTS) is 1. The molecule has 110 valence electrons. The SMILES string of the molecule is CCCOCCC(=O)NCCc1ccc(C(=O)O)cc1. The van der Waals surface area contributed by atoms with Crippen molar-refractivity contribution in [3.05, 3.63) is 35.4 Å². The average molecular weight is 279 g/mol. The second-order valence-corrected chi connectivity index (χ2v) is 4.46. The van der Waals surface area contributed by atoms with E-state index in [0.29, 0.717) is 32.6 Å². The van der Waals surface area contributed by atoms with Gasteiger partial charge >= 0.3 is 5.97 Å². The highest BCUT2D eigenvalue weighted by Gasteiger charge is 2.03. The normalized spacial score (nSPS) is 10.2. The number of nitrogens with one attached hydrogen (secondary N) is 1. The lowest BCUT2D eigenvalue weighted by molar-refractivity contribution is -0.122. The third-order valence-electron chi connectivity index (χ3n) is 2.76. The first-order valence-electron chi connectivity index (χ1n) is 6.80. The molecule has 0 heterocycles. The minimum absolute atomic E-state index is 0.0248. The zero-order chi connectivity index (χ0) is 14.8. The number of carboxylic acids is 1. The molecule has 5 nitrogen and oxygen atoms in total. The van der Waals surface area contributed by atoms with Crippen molar-refractivity contribution in [1.29, 1.82) is 0 Å². The molecule has 0 radical (unpaired) electrons. The van der Waals surface area contributed by atoms with E-state index in [0.717, 1.165) is 12.0 Å². The van der Waals surface area contributed by atoms with E-state index < -0.39 is 5.97 Å². The molecule has 1 aromatic carbocycles. The summed E-state index contributed by atoms with van der Waals surface area (Å²) in [7, 11) is 0. The van der Waals surface area contributed by atoms with Gasteiger partial charge in [0, 0.05) is 19.6 Å². The molecule has 0 spiro atoms. The van der Waals surface area contributed by atoms with Crippen LogP contribution in [0.4, 0.5) is 0 Å². The van der Waals surface area contributed by atoms with Gasteiger partial charge in [0.25, 0.3) is 0 Å². The lowest BCUT2D eigenvalue weighted by Gasteiger charge is -2.06. The quantitative estimate of drug-likeness (QED) is 0.677. The highest BCUT2D eigenvalue weighted by Crippen LogP contribution is 2.04. The fraction of sp³-hybridized carbons (Fsp3) is 0.467. The second-order valence-electron chi connectivity index (χ2n) is 4.46. The molecule has 0 aliphatic carbocycles. The van der Waals surface area contributed by atoms with Gasteiger partial charge in [-0.2, -0.15) is 0 Å². The van der Waals surface area contributed by atoms with Crippen molar-refractivity contribution < 1.29 is 19.4 Å². The Kier molecular flexibility index (Phi) is 7.35. The first-order valence-corrected chi connectivity index (χ1v) is 6.80. The molecule has 0 aliphatic heterocycles. The van der Waals surface area contributed by atoms with E-state index in [9.17, 15) is 9.59 Å². The Hall–Kier alpha value is -1.88. The van der Waals surface area contributed by atoms with E-state index in [2.05, 4.69) is 5.32 Å². The smallest absolute Gasteiger partial charge is 0.335 e. The minimum Gasteiger partial charge on any atom is -0.478 e. The number of hydrogen-bond acceptors (Lipinski definition) is 3. The summed E-state index contributed by atoms with van der Waals surface area (Å²) in [6.45, 7) is 3.70. The van der Waals surface area contributed by atoms with Crippen LogP contribution in [0.1, 0.15) is 35.7 Å². The molecule has 0 saturated carbocycles. The summed E-state index contributed by atoms with van der Waals surface area (Å²) in [5.74, 6) is -0.958. The molecule has 1 rings (SSSR count). The first kappa shape index (κ1) is 16.2. The van der Waals surface area contributed by atoms with Crippen LogP contribution >= 0.6 is 0 Å². The molecule has 0 saturated heterocycles. The zero-order valence-corrected chi connectivity index (χ0v) is 11.7. The standard InChI is InChI=1S/C15H21NO4/c1-2-10-20-11-8-14(17)16-9-7-12-3-5-13(6-4-12)15(18)19/h3-6H,2,7-11H2,1H3,(H,16,17)(H,18,19). The van der Waals surface area contributed by atoms with Crippen molar-refractivity contribution in [3.8, 4) is 0 Å². The van der Waals surface area contributed by atoms with Gasteiger partial charge in [-0.15, -0.1) is 0 Å². The van der Waals surface area contributed by atoms with Gasteiger partial charge < -0.3 is 15.2 Å². The number of hydrogen-bond donors (Lipinski definition) is 2. The molecule has 0 bridgehead atoms. The Morgan fingerprint density at radius 2 is 1.90 bits per heavy atom. The van der Waals surface area contributed by atoms with Crippen LogP contribution in [-0.4, -0.2) is 36.7 Å². The first-order chi connectivity index (χ1) is 9.63. The summed E-state index contributed by atoms with van der Waals surface area (Å²) >= 11 is 0. The Morgan fingerprint density at radius 1 is 1.20 bits per heavy atom. The van der Waals surface area contributed by atoms with Gasteiger partial charge in [-0.3, -0.25) is 4.79 Å². The summed E-state index contributed by atoms with van der Waals surface area (Å²) in [6, 6.07) is 6.66.